The van der Waals surface area contributed by atoms with E-state index in [9.17, 15) is 4.21 Å². The summed E-state index contributed by atoms with van der Waals surface area (Å²) in [5, 5.41) is 7.37. The van der Waals surface area contributed by atoms with Crippen molar-refractivity contribution >= 4 is 10.8 Å². The van der Waals surface area contributed by atoms with E-state index in [0.29, 0.717) is 5.75 Å². The number of aryl methyl sites for hydroxylation is 1. The molecule has 0 aliphatic carbocycles. The largest absolute Gasteiger partial charge is 0.309 e. The number of aromatic nitrogens is 2. The number of hydrogen-bond acceptors (Lipinski definition) is 3. The van der Waals surface area contributed by atoms with Gasteiger partial charge in [-0.15, -0.1) is 0 Å². The summed E-state index contributed by atoms with van der Waals surface area (Å²) in [4.78, 5) is 0. The predicted molar refractivity (Wildman–Crippen MR) is 58.4 cm³/mol. The van der Waals surface area contributed by atoms with Crippen molar-refractivity contribution in [2.75, 3.05) is 12.0 Å². The molecular weight excluding hydrogens is 198 g/mol. The van der Waals surface area contributed by atoms with Crippen molar-refractivity contribution in [2.45, 2.75) is 19.5 Å². The van der Waals surface area contributed by atoms with E-state index >= 15 is 0 Å². The summed E-state index contributed by atoms with van der Waals surface area (Å²) in [6.07, 6.45) is 5.54. The van der Waals surface area contributed by atoms with Crippen LogP contribution in [0.5, 0.6) is 0 Å². The Hall–Kier alpha value is -0.680. The summed E-state index contributed by atoms with van der Waals surface area (Å²) in [5.41, 5.74) is 1.15. The Morgan fingerprint density at radius 3 is 2.93 bits per heavy atom. The maximum Gasteiger partial charge on any atom is 0.0534 e. The molecule has 0 spiro atoms. The summed E-state index contributed by atoms with van der Waals surface area (Å²) in [6, 6.07) is 0.279. The van der Waals surface area contributed by atoms with Crippen LogP contribution in [0.25, 0.3) is 0 Å². The van der Waals surface area contributed by atoms with Gasteiger partial charge in [0.2, 0.25) is 0 Å². The monoisotopic (exact) mass is 215 g/mol. The third kappa shape index (κ3) is 4.02. The molecule has 0 amide bonds. The van der Waals surface area contributed by atoms with E-state index in [-0.39, 0.29) is 6.04 Å². The lowest BCUT2D eigenvalue weighted by Crippen LogP contribution is -2.30. The topological polar surface area (TPSA) is 46.9 Å². The first-order valence-electron chi connectivity index (χ1n) is 4.59. The van der Waals surface area contributed by atoms with E-state index in [1.165, 1.54) is 0 Å². The number of hydrogen-bond donors (Lipinski definition) is 1. The molecule has 0 bridgehead atoms. The van der Waals surface area contributed by atoms with Gasteiger partial charge in [-0.3, -0.25) is 8.89 Å². The highest BCUT2D eigenvalue weighted by Crippen LogP contribution is 1.96. The van der Waals surface area contributed by atoms with Gasteiger partial charge in [0.25, 0.3) is 0 Å². The van der Waals surface area contributed by atoms with Gasteiger partial charge in [-0.1, -0.05) is 0 Å². The predicted octanol–water partition coefficient (Wildman–Crippen LogP) is 0.277. The number of rotatable bonds is 5. The first-order chi connectivity index (χ1) is 6.58. The van der Waals surface area contributed by atoms with E-state index in [1.54, 1.807) is 10.9 Å². The fourth-order valence-corrected chi connectivity index (χ4v) is 2.09. The van der Waals surface area contributed by atoms with Crippen molar-refractivity contribution in [1.82, 2.24) is 15.1 Å². The van der Waals surface area contributed by atoms with Gasteiger partial charge in [0.05, 0.1) is 6.20 Å². The molecule has 14 heavy (non-hydrogen) atoms. The van der Waals surface area contributed by atoms with E-state index in [1.807, 2.05) is 26.4 Å². The SMILES string of the molecule is CC(CS(C)=O)NCc1cnn(C)c1. The third-order valence-electron chi connectivity index (χ3n) is 1.90. The van der Waals surface area contributed by atoms with Gasteiger partial charge in [-0.2, -0.15) is 5.10 Å². The highest BCUT2D eigenvalue weighted by molar-refractivity contribution is 7.84. The van der Waals surface area contributed by atoms with Crippen LogP contribution in [0.3, 0.4) is 0 Å². The Kier molecular flexibility index (Phi) is 4.28. The zero-order valence-corrected chi connectivity index (χ0v) is 9.67. The smallest absolute Gasteiger partial charge is 0.0534 e. The van der Waals surface area contributed by atoms with Crippen LogP contribution in [0.1, 0.15) is 12.5 Å². The quantitative estimate of drug-likeness (QED) is 0.767. The summed E-state index contributed by atoms with van der Waals surface area (Å²) < 4.78 is 12.7. The molecule has 1 N–H and O–H groups in total. The van der Waals surface area contributed by atoms with Gasteiger partial charge < -0.3 is 5.32 Å². The average Bonchev–Trinajstić information content (AvgIpc) is 2.47. The van der Waals surface area contributed by atoms with Gasteiger partial charge in [0.1, 0.15) is 0 Å². The van der Waals surface area contributed by atoms with Crippen LogP contribution in [0.15, 0.2) is 12.4 Å². The summed E-state index contributed by atoms with van der Waals surface area (Å²) in [7, 11) is 1.17. The highest BCUT2D eigenvalue weighted by Gasteiger charge is 2.04. The molecule has 1 rings (SSSR count). The van der Waals surface area contributed by atoms with Crippen molar-refractivity contribution in [2.24, 2.45) is 7.05 Å². The van der Waals surface area contributed by atoms with Crippen LogP contribution >= 0.6 is 0 Å². The van der Waals surface area contributed by atoms with Gasteiger partial charge in [-0.05, 0) is 6.92 Å². The van der Waals surface area contributed by atoms with Crippen molar-refractivity contribution < 1.29 is 4.21 Å². The van der Waals surface area contributed by atoms with Gasteiger partial charge >= 0.3 is 0 Å². The highest BCUT2D eigenvalue weighted by atomic mass is 32.2. The molecule has 0 radical (unpaired) electrons. The Balaban J connectivity index is 2.30. The van der Waals surface area contributed by atoms with E-state index < -0.39 is 10.8 Å². The van der Waals surface area contributed by atoms with E-state index in [0.717, 1.165) is 12.1 Å². The van der Waals surface area contributed by atoms with Crippen LogP contribution in [0.4, 0.5) is 0 Å². The van der Waals surface area contributed by atoms with Crippen LogP contribution in [-0.4, -0.2) is 32.0 Å². The molecule has 0 aliphatic rings. The van der Waals surface area contributed by atoms with Crippen molar-refractivity contribution in [3.05, 3.63) is 18.0 Å². The van der Waals surface area contributed by atoms with Crippen LogP contribution in [-0.2, 0) is 24.4 Å². The van der Waals surface area contributed by atoms with Gasteiger partial charge in [-0.25, -0.2) is 0 Å². The summed E-state index contributed by atoms with van der Waals surface area (Å²) >= 11 is 0. The van der Waals surface area contributed by atoms with Crippen molar-refractivity contribution in [3.63, 3.8) is 0 Å². The Labute approximate surface area is 87.2 Å². The van der Waals surface area contributed by atoms with Gasteiger partial charge in [0.15, 0.2) is 0 Å². The first kappa shape index (κ1) is 11.4. The zero-order chi connectivity index (χ0) is 10.6. The van der Waals surface area contributed by atoms with Gasteiger partial charge in [0, 0.05) is 54.2 Å². The standard InChI is InChI=1S/C9H17N3OS/c1-8(7-14(3)13)10-4-9-5-11-12(2)6-9/h5-6,8,10H,4,7H2,1-3H3. The number of nitrogens with one attached hydrogen (secondary N) is 1. The van der Waals surface area contributed by atoms with Crippen LogP contribution in [0, 0.1) is 0 Å². The summed E-state index contributed by atoms with van der Waals surface area (Å²) in [5.74, 6) is 0.695. The van der Waals surface area contributed by atoms with Crippen LogP contribution in [0.2, 0.25) is 0 Å². The zero-order valence-electron chi connectivity index (χ0n) is 8.86. The molecule has 0 saturated heterocycles. The fourth-order valence-electron chi connectivity index (χ4n) is 1.27. The molecular formula is C9H17N3OS. The molecule has 0 aliphatic heterocycles. The lowest BCUT2D eigenvalue weighted by molar-refractivity contribution is 0.587. The molecule has 2 atom stereocenters. The Morgan fingerprint density at radius 1 is 1.71 bits per heavy atom. The molecule has 1 heterocycles. The molecule has 4 nitrogen and oxygen atoms in total. The van der Waals surface area contributed by atoms with E-state index in [4.69, 9.17) is 0 Å². The second kappa shape index (κ2) is 5.26. The molecule has 0 aromatic carbocycles. The minimum Gasteiger partial charge on any atom is -0.309 e. The van der Waals surface area contributed by atoms with Crippen LogP contribution < -0.4 is 5.32 Å². The minimum atomic E-state index is -0.732. The maximum atomic E-state index is 10.9. The molecule has 80 valence electrons. The van der Waals surface area contributed by atoms with E-state index in [2.05, 4.69) is 10.4 Å². The molecule has 2 unspecified atom stereocenters. The second-order valence-corrected chi connectivity index (χ2v) is 5.02. The lowest BCUT2D eigenvalue weighted by Gasteiger charge is -2.10. The fraction of sp³-hybridized carbons (Fsp3) is 0.667. The van der Waals surface area contributed by atoms with Crippen molar-refractivity contribution in [3.8, 4) is 0 Å². The van der Waals surface area contributed by atoms with Crippen molar-refractivity contribution in [1.29, 1.82) is 0 Å². The first-order valence-corrected chi connectivity index (χ1v) is 6.31. The third-order valence-corrected chi connectivity index (χ3v) is 2.87. The lowest BCUT2D eigenvalue weighted by atomic mass is 10.3. The molecule has 0 saturated carbocycles. The number of nitrogens with zero attached hydrogens (tertiary/aromatic N) is 2. The average molecular weight is 215 g/mol. The normalized spacial score (nSPS) is 15.4. The molecule has 5 heteroatoms. The molecule has 1 aromatic heterocycles. The minimum absolute atomic E-state index is 0.279. The Morgan fingerprint density at radius 2 is 2.43 bits per heavy atom. The molecule has 1 aromatic rings. The summed E-state index contributed by atoms with van der Waals surface area (Å²) in [6.45, 7) is 2.82. The Bertz CT molecular complexity index is 311. The molecule has 0 fully saturated rings. The second-order valence-electron chi connectivity index (χ2n) is 3.54. The maximum absolute atomic E-state index is 10.9.